The summed E-state index contributed by atoms with van der Waals surface area (Å²) in [5.41, 5.74) is 5.61. The lowest BCUT2D eigenvalue weighted by atomic mass is 9.91. The highest BCUT2D eigenvalue weighted by Gasteiger charge is 2.25. The van der Waals surface area contributed by atoms with Crippen LogP contribution in [0, 0.1) is 5.92 Å². The van der Waals surface area contributed by atoms with E-state index in [-0.39, 0.29) is 5.54 Å². The zero-order valence-electron chi connectivity index (χ0n) is 12.4. The van der Waals surface area contributed by atoms with Crippen molar-refractivity contribution >= 4 is 5.95 Å². The molecule has 0 amide bonds. The molecule has 0 bridgehead atoms. The van der Waals surface area contributed by atoms with Gasteiger partial charge in [-0.3, -0.25) is 0 Å². The minimum atomic E-state index is -0.258. The molecule has 1 aromatic heterocycles. The van der Waals surface area contributed by atoms with Crippen molar-refractivity contribution in [2.75, 3.05) is 26.1 Å². The fraction of sp³-hybridized carbons (Fsp3) is 0.692. The van der Waals surface area contributed by atoms with Gasteiger partial charge in [0.1, 0.15) is 0 Å². The normalized spacial score (nSPS) is 14.1. The fourth-order valence-electron chi connectivity index (χ4n) is 2.03. The van der Waals surface area contributed by atoms with Crippen LogP contribution in [0.15, 0.2) is 6.07 Å². The Morgan fingerprint density at radius 1 is 1.26 bits per heavy atom. The molecule has 1 aromatic rings. The van der Waals surface area contributed by atoms with E-state index in [1.807, 2.05) is 0 Å². The lowest BCUT2D eigenvalue weighted by Gasteiger charge is -2.31. The molecule has 3 N–H and O–H groups in total. The second-order valence-corrected chi connectivity index (χ2v) is 5.26. The highest BCUT2D eigenvalue weighted by atomic mass is 16.5. The van der Waals surface area contributed by atoms with E-state index < -0.39 is 0 Å². The molecule has 0 saturated heterocycles. The summed E-state index contributed by atoms with van der Waals surface area (Å²) < 4.78 is 10.2. The quantitative estimate of drug-likeness (QED) is 0.782. The Balaban J connectivity index is 2.95. The molecule has 6 heteroatoms. The molecule has 1 heterocycles. The van der Waals surface area contributed by atoms with Crippen LogP contribution in [-0.4, -0.2) is 36.3 Å². The van der Waals surface area contributed by atoms with Crippen molar-refractivity contribution in [1.29, 1.82) is 0 Å². The Morgan fingerprint density at radius 3 is 2.16 bits per heavy atom. The Morgan fingerprint density at radius 2 is 1.79 bits per heavy atom. The van der Waals surface area contributed by atoms with Crippen molar-refractivity contribution in [3.63, 3.8) is 0 Å². The molecule has 0 aliphatic heterocycles. The third-order valence-electron chi connectivity index (χ3n) is 2.82. The number of methoxy groups -OCH3 is 2. The van der Waals surface area contributed by atoms with E-state index in [2.05, 4.69) is 36.1 Å². The van der Waals surface area contributed by atoms with E-state index in [0.29, 0.717) is 30.2 Å². The van der Waals surface area contributed by atoms with Gasteiger partial charge in [-0.05, 0) is 19.3 Å². The predicted octanol–water partition coefficient (Wildman–Crippen LogP) is 1.67. The molecule has 108 valence electrons. The van der Waals surface area contributed by atoms with Crippen molar-refractivity contribution < 1.29 is 9.47 Å². The SMILES string of the molecule is COc1cc(OC)nc(NC(C)(CN)CC(C)C)n1. The molecule has 0 saturated carbocycles. The number of anilines is 1. The standard InChI is InChI=1S/C13H24N4O2/c1-9(2)7-13(3,8-14)17-12-15-10(18-4)6-11(16-12)19-5/h6,9H,7-8,14H2,1-5H3,(H,15,16,17). The van der Waals surface area contributed by atoms with Gasteiger partial charge in [-0.1, -0.05) is 13.8 Å². The van der Waals surface area contributed by atoms with Gasteiger partial charge < -0.3 is 20.5 Å². The number of aromatic nitrogens is 2. The number of nitrogens with two attached hydrogens (primary N) is 1. The van der Waals surface area contributed by atoms with E-state index >= 15 is 0 Å². The van der Waals surface area contributed by atoms with Crippen molar-refractivity contribution in [1.82, 2.24) is 9.97 Å². The van der Waals surface area contributed by atoms with E-state index in [9.17, 15) is 0 Å². The van der Waals surface area contributed by atoms with E-state index in [1.54, 1.807) is 20.3 Å². The monoisotopic (exact) mass is 268 g/mol. The maximum absolute atomic E-state index is 5.86. The van der Waals surface area contributed by atoms with Gasteiger partial charge in [0.15, 0.2) is 0 Å². The molecule has 0 fully saturated rings. The van der Waals surface area contributed by atoms with Crippen molar-refractivity contribution in [2.45, 2.75) is 32.7 Å². The molecule has 0 aliphatic rings. The van der Waals surface area contributed by atoms with Crippen LogP contribution in [0.2, 0.25) is 0 Å². The zero-order valence-corrected chi connectivity index (χ0v) is 12.4. The number of nitrogens with zero attached hydrogens (tertiary/aromatic N) is 2. The molecule has 19 heavy (non-hydrogen) atoms. The first-order valence-corrected chi connectivity index (χ1v) is 6.37. The summed E-state index contributed by atoms with van der Waals surface area (Å²) in [4.78, 5) is 8.52. The first-order valence-electron chi connectivity index (χ1n) is 6.37. The minimum Gasteiger partial charge on any atom is -0.481 e. The molecule has 0 aliphatic carbocycles. The Bertz CT molecular complexity index is 389. The highest BCUT2D eigenvalue weighted by Crippen LogP contribution is 2.23. The van der Waals surface area contributed by atoms with Gasteiger partial charge in [0, 0.05) is 12.1 Å². The molecule has 0 spiro atoms. The minimum absolute atomic E-state index is 0.258. The number of hydrogen-bond acceptors (Lipinski definition) is 6. The summed E-state index contributed by atoms with van der Waals surface area (Å²) >= 11 is 0. The molecule has 1 rings (SSSR count). The second kappa shape index (κ2) is 6.56. The predicted molar refractivity (Wildman–Crippen MR) is 75.7 cm³/mol. The fourth-order valence-corrected chi connectivity index (χ4v) is 2.03. The average molecular weight is 268 g/mol. The van der Waals surface area contributed by atoms with Gasteiger partial charge in [0.25, 0.3) is 0 Å². The van der Waals surface area contributed by atoms with Crippen LogP contribution < -0.4 is 20.5 Å². The van der Waals surface area contributed by atoms with Gasteiger partial charge >= 0.3 is 0 Å². The molecule has 0 radical (unpaired) electrons. The summed E-state index contributed by atoms with van der Waals surface area (Å²) in [6, 6.07) is 1.63. The second-order valence-electron chi connectivity index (χ2n) is 5.26. The van der Waals surface area contributed by atoms with Crippen molar-refractivity contribution in [3.8, 4) is 11.8 Å². The Kier molecular flexibility index (Phi) is 5.35. The lowest BCUT2D eigenvalue weighted by molar-refractivity contribution is 0.368. The molecular formula is C13H24N4O2. The Labute approximate surface area is 114 Å². The summed E-state index contributed by atoms with van der Waals surface area (Å²) in [7, 11) is 3.11. The summed E-state index contributed by atoms with van der Waals surface area (Å²) in [5, 5.41) is 3.28. The van der Waals surface area contributed by atoms with E-state index in [1.165, 1.54) is 0 Å². The number of rotatable bonds is 7. The van der Waals surface area contributed by atoms with Crippen LogP contribution in [0.3, 0.4) is 0 Å². The smallest absolute Gasteiger partial charge is 0.229 e. The molecular weight excluding hydrogens is 244 g/mol. The van der Waals surface area contributed by atoms with Crippen LogP contribution in [0.25, 0.3) is 0 Å². The van der Waals surface area contributed by atoms with Gasteiger partial charge in [-0.15, -0.1) is 0 Å². The topological polar surface area (TPSA) is 82.3 Å². The summed E-state index contributed by atoms with van der Waals surface area (Å²) in [5.74, 6) is 1.90. The van der Waals surface area contributed by atoms with E-state index in [4.69, 9.17) is 15.2 Å². The van der Waals surface area contributed by atoms with Crippen molar-refractivity contribution in [2.24, 2.45) is 11.7 Å². The zero-order chi connectivity index (χ0) is 14.5. The first kappa shape index (κ1) is 15.5. The third-order valence-corrected chi connectivity index (χ3v) is 2.82. The van der Waals surface area contributed by atoms with Gasteiger partial charge in [0.05, 0.1) is 20.3 Å². The number of hydrogen-bond donors (Lipinski definition) is 2. The molecule has 1 atom stereocenters. The van der Waals surface area contributed by atoms with Gasteiger partial charge in [-0.25, -0.2) is 0 Å². The van der Waals surface area contributed by atoms with E-state index in [0.717, 1.165) is 6.42 Å². The number of nitrogens with one attached hydrogen (secondary N) is 1. The molecule has 6 nitrogen and oxygen atoms in total. The summed E-state index contributed by atoms with van der Waals surface area (Å²) in [6.07, 6.45) is 0.923. The highest BCUT2D eigenvalue weighted by molar-refractivity contribution is 5.36. The van der Waals surface area contributed by atoms with Crippen LogP contribution in [0.1, 0.15) is 27.2 Å². The van der Waals surface area contributed by atoms with Crippen LogP contribution in [0.4, 0.5) is 5.95 Å². The van der Waals surface area contributed by atoms with Gasteiger partial charge in [0.2, 0.25) is 17.7 Å². The largest absolute Gasteiger partial charge is 0.481 e. The lowest BCUT2D eigenvalue weighted by Crippen LogP contribution is -2.44. The maximum atomic E-state index is 5.86. The molecule has 1 unspecified atom stereocenters. The first-order chi connectivity index (χ1) is 8.92. The number of ether oxygens (including phenoxy) is 2. The van der Waals surface area contributed by atoms with Crippen LogP contribution >= 0.6 is 0 Å². The van der Waals surface area contributed by atoms with Crippen molar-refractivity contribution in [3.05, 3.63) is 6.07 Å². The third kappa shape index (κ3) is 4.55. The average Bonchev–Trinajstić information content (AvgIpc) is 2.37. The maximum Gasteiger partial charge on any atom is 0.229 e. The Hall–Kier alpha value is -1.56. The van der Waals surface area contributed by atoms with Crippen LogP contribution in [0.5, 0.6) is 11.8 Å². The summed E-state index contributed by atoms with van der Waals surface area (Å²) in [6.45, 7) is 6.86. The van der Waals surface area contributed by atoms with Gasteiger partial charge in [-0.2, -0.15) is 9.97 Å². The van der Waals surface area contributed by atoms with Crippen LogP contribution in [-0.2, 0) is 0 Å². The molecule has 0 aromatic carbocycles.